The van der Waals surface area contributed by atoms with Crippen LogP contribution in [0.1, 0.15) is 50.5 Å². The van der Waals surface area contributed by atoms with Gasteiger partial charge in [-0.1, -0.05) is 19.4 Å². The minimum absolute atomic E-state index is 0.668. The lowest BCUT2D eigenvalue weighted by Gasteiger charge is -2.20. The number of unbranched alkanes of at least 4 members (excludes halogenated alkanes) is 1. The van der Waals surface area contributed by atoms with Crippen molar-refractivity contribution in [2.75, 3.05) is 6.61 Å². The summed E-state index contributed by atoms with van der Waals surface area (Å²) >= 11 is 0. The molecule has 3 heterocycles. The first-order chi connectivity index (χ1) is 8.86. The molecule has 2 saturated heterocycles. The molecule has 1 N–H and O–H groups in total. The van der Waals surface area contributed by atoms with Crippen molar-refractivity contribution in [1.82, 2.24) is 10.3 Å². The van der Waals surface area contributed by atoms with Gasteiger partial charge < -0.3 is 10.1 Å². The van der Waals surface area contributed by atoms with E-state index in [1.807, 2.05) is 12.3 Å². The zero-order valence-electron chi connectivity index (χ0n) is 11.1. The summed E-state index contributed by atoms with van der Waals surface area (Å²) in [5.74, 6) is 1.43. The van der Waals surface area contributed by atoms with Crippen molar-refractivity contribution in [3.8, 4) is 5.88 Å². The van der Waals surface area contributed by atoms with Crippen LogP contribution in [0.25, 0.3) is 0 Å². The average molecular weight is 246 g/mol. The van der Waals surface area contributed by atoms with Gasteiger partial charge in [-0.15, -0.1) is 0 Å². The van der Waals surface area contributed by atoms with Gasteiger partial charge in [0.2, 0.25) is 5.88 Å². The van der Waals surface area contributed by atoms with Crippen molar-refractivity contribution in [1.29, 1.82) is 0 Å². The second kappa shape index (κ2) is 5.27. The maximum absolute atomic E-state index is 5.60. The summed E-state index contributed by atoms with van der Waals surface area (Å²) < 4.78 is 5.60. The van der Waals surface area contributed by atoms with E-state index in [0.717, 1.165) is 31.4 Å². The average Bonchev–Trinajstić information content (AvgIpc) is 3.02. The Bertz CT molecular complexity index is 390. The molecule has 98 valence electrons. The summed E-state index contributed by atoms with van der Waals surface area (Å²) in [5.41, 5.74) is 1.37. The van der Waals surface area contributed by atoms with E-state index in [1.165, 1.54) is 24.8 Å². The minimum atomic E-state index is 0.668. The predicted octanol–water partition coefficient (Wildman–Crippen LogP) is 2.87. The van der Waals surface area contributed by atoms with E-state index < -0.39 is 0 Å². The first-order valence-electron chi connectivity index (χ1n) is 7.21. The van der Waals surface area contributed by atoms with Crippen LogP contribution in [0.15, 0.2) is 18.3 Å². The molecule has 1 aromatic rings. The van der Waals surface area contributed by atoms with E-state index in [4.69, 9.17) is 4.74 Å². The molecule has 3 heteroatoms. The van der Waals surface area contributed by atoms with E-state index >= 15 is 0 Å². The first kappa shape index (κ1) is 12.0. The highest BCUT2D eigenvalue weighted by Crippen LogP contribution is 2.39. The molecule has 2 aliphatic heterocycles. The van der Waals surface area contributed by atoms with Crippen LogP contribution in [0.5, 0.6) is 5.88 Å². The zero-order chi connectivity index (χ0) is 12.4. The lowest BCUT2D eigenvalue weighted by atomic mass is 9.85. The van der Waals surface area contributed by atoms with Crippen molar-refractivity contribution < 1.29 is 4.74 Å². The monoisotopic (exact) mass is 246 g/mol. The number of rotatable bonds is 5. The number of hydrogen-bond donors (Lipinski definition) is 1. The molecule has 2 fully saturated rings. The quantitative estimate of drug-likeness (QED) is 0.811. The van der Waals surface area contributed by atoms with Crippen LogP contribution in [0.4, 0.5) is 0 Å². The smallest absolute Gasteiger partial charge is 0.213 e. The van der Waals surface area contributed by atoms with Crippen molar-refractivity contribution >= 4 is 0 Å². The molecule has 18 heavy (non-hydrogen) atoms. The number of fused-ring (bicyclic) bond motifs is 2. The molecular formula is C15H22N2O. The highest BCUT2D eigenvalue weighted by atomic mass is 16.5. The summed E-state index contributed by atoms with van der Waals surface area (Å²) in [6.07, 6.45) is 8.22. The van der Waals surface area contributed by atoms with Crippen molar-refractivity contribution in [2.45, 2.75) is 57.0 Å². The van der Waals surface area contributed by atoms with Crippen LogP contribution in [-0.4, -0.2) is 23.7 Å². The van der Waals surface area contributed by atoms with Crippen molar-refractivity contribution in [2.24, 2.45) is 0 Å². The number of nitrogens with one attached hydrogen (secondary N) is 1. The fourth-order valence-corrected chi connectivity index (χ4v) is 3.21. The van der Waals surface area contributed by atoms with Gasteiger partial charge in [-0.05, 0) is 31.2 Å². The number of hydrogen-bond acceptors (Lipinski definition) is 3. The third-order valence-electron chi connectivity index (χ3n) is 4.24. The maximum atomic E-state index is 5.60. The van der Waals surface area contributed by atoms with Crippen LogP contribution < -0.4 is 10.1 Å². The van der Waals surface area contributed by atoms with Crippen LogP contribution >= 0.6 is 0 Å². The molecule has 3 rings (SSSR count). The Balaban J connectivity index is 1.61. The van der Waals surface area contributed by atoms with Gasteiger partial charge in [0.15, 0.2) is 0 Å². The molecular weight excluding hydrogens is 224 g/mol. The van der Waals surface area contributed by atoms with Gasteiger partial charge in [0, 0.05) is 30.3 Å². The third-order valence-corrected chi connectivity index (χ3v) is 4.24. The number of ether oxygens (including phenoxy) is 1. The highest BCUT2D eigenvalue weighted by molar-refractivity contribution is 5.25. The van der Waals surface area contributed by atoms with Gasteiger partial charge in [0.25, 0.3) is 0 Å². The second-order valence-corrected chi connectivity index (χ2v) is 5.52. The Morgan fingerprint density at radius 2 is 2.33 bits per heavy atom. The van der Waals surface area contributed by atoms with E-state index in [2.05, 4.69) is 23.3 Å². The molecule has 0 aliphatic carbocycles. The number of nitrogens with zero attached hydrogens (tertiary/aromatic N) is 1. The molecule has 0 aromatic carbocycles. The summed E-state index contributed by atoms with van der Waals surface area (Å²) in [7, 11) is 0. The van der Waals surface area contributed by atoms with Crippen LogP contribution in [0, 0.1) is 0 Å². The van der Waals surface area contributed by atoms with Gasteiger partial charge in [0.1, 0.15) is 0 Å². The lowest BCUT2D eigenvalue weighted by Crippen LogP contribution is -2.21. The Kier molecular flexibility index (Phi) is 3.50. The molecule has 3 atom stereocenters. The van der Waals surface area contributed by atoms with Crippen LogP contribution in [0.2, 0.25) is 0 Å². The second-order valence-electron chi connectivity index (χ2n) is 5.52. The summed E-state index contributed by atoms with van der Waals surface area (Å²) in [5, 5.41) is 3.67. The van der Waals surface area contributed by atoms with E-state index in [-0.39, 0.29) is 0 Å². The van der Waals surface area contributed by atoms with E-state index in [0.29, 0.717) is 12.0 Å². The molecule has 2 aliphatic rings. The molecule has 1 aromatic heterocycles. The molecule has 0 amide bonds. The normalized spacial score (nSPS) is 29.7. The van der Waals surface area contributed by atoms with Gasteiger partial charge in [-0.25, -0.2) is 4.98 Å². The Morgan fingerprint density at radius 1 is 1.39 bits per heavy atom. The van der Waals surface area contributed by atoms with Gasteiger partial charge >= 0.3 is 0 Å². The number of pyridine rings is 1. The molecule has 0 spiro atoms. The van der Waals surface area contributed by atoms with Crippen LogP contribution in [0.3, 0.4) is 0 Å². The predicted molar refractivity (Wildman–Crippen MR) is 71.9 cm³/mol. The van der Waals surface area contributed by atoms with Crippen molar-refractivity contribution in [3.05, 3.63) is 23.9 Å². The summed E-state index contributed by atoms with van der Waals surface area (Å²) in [6, 6.07) is 5.65. The lowest BCUT2D eigenvalue weighted by molar-refractivity contribution is 0.297. The molecule has 3 nitrogen and oxygen atoms in total. The fourth-order valence-electron chi connectivity index (χ4n) is 3.21. The van der Waals surface area contributed by atoms with Gasteiger partial charge in [0.05, 0.1) is 6.61 Å². The Morgan fingerprint density at radius 3 is 2.94 bits per heavy atom. The molecule has 3 unspecified atom stereocenters. The fraction of sp³-hybridized carbons (Fsp3) is 0.667. The van der Waals surface area contributed by atoms with E-state index in [9.17, 15) is 0 Å². The van der Waals surface area contributed by atoms with Gasteiger partial charge in [-0.2, -0.15) is 0 Å². The SMILES string of the molecule is CCCCOc1ccc(C2CC3CCC2N3)cn1. The Hall–Kier alpha value is -1.09. The van der Waals surface area contributed by atoms with Gasteiger partial charge in [-0.3, -0.25) is 0 Å². The Labute approximate surface area is 109 Å². The standard InChI is InChI=1S/C15H22N2O/c1-2-3-8-18-15-7-4-11(10-16-15)13-9-12-5-6-14(13)17-12/h4,7,10,12-14,17H,2-3,5-6,8-9H2,1H3. The maximum Gasteiger partial charge on any atom is 0.213 e. The topological polar surface area (TPSA) is 34.1 Å². The molecule has 0 radical (unpaired) electrons. The molecule has 0 saturated carbocycles. The van der Waals surface area contributed by atoms with Crippen molar-refractivity contribution in [3.63, 3.8) is 0 Å². The third kappa shape index (κ3) is 2.37. The summed E-state index contributed by atoms with van der Waals surface area (Å²) in [6.45, 7) is 2.94. The summed E-state index contributed by atoms with van der Waals surface area (Å²) in [4.78, 5) is 4.43. The minimum Gasteiger partial charge on any atom is -0.478 e. The molecule has 2 bridgehead atoms. The number of aromatic nitrogens is 1. The van der Waals surface area contributed by atoms with E-state index in [1.54, 1.807) is 0 Å². The highest BCUT2D eigenvalue weighted by Gasteiger charge is 2.39. The first-order valence-corrected chi connectivity index (χ1v) is 7.21. The largest absolute Gasteiger partial charge is 0.478 e. The van der Waals surface area contributed by atoms with Crippen LogP contribution in [-0.2, 0) is 0 Å². The zero-order valence-corrected chi connectivity index (χ0v) is 11.1.